The lowest BCUT2D eigenvalue weighted by atomic mass is 10.1. The number of anilines is 1. The molecule has 26 heavy (non-hydrogen) atoms. The van der Waals surface area contributed by atoms with Crippen molar-refractivity contribution in [3.63, 3.8) is 0 Å². The molecule has 3 aromatic carbocycles. The van der Waals surface area contributed by atoms with Crippen molar-refractivity contribution < 1.29 is 19.2 Å². The van der Waals surface area contributed by atoms with E-state index in [-0.39, 0.29) is 11.4 Å². The van der Waals surface area contributed by atoms with Gasteiger partial charge < -0.3 is 14.8 Å². The van der Waals surface area contributed by atoms with Crippen LogP contribution in [0.2, 0.25) is 0 Å². The number of non-ortho nitro benzene ring substituents is 1. The lowest BCUT2D eigenvalue weighted by Gasteiger charge is -2.13. The van der Waals surface area contributed by atoms with Crippen LogP contribution in [-0.2, 0) is 0 Å². The van der Waals surface area contributed by atoms with E-state index in [1.807, 2.05) is 24.3 Å². The predicted octanol–water partition coefficient (Wildman–Crippen LogP) is 4.02. The summed E-state index contributed by atoms with van der Waals surface area (Å²) in [4.78, 5) is 23.2. The normalized spacial score (nSPS) is 10.4. The summed E-state index contributed by atoms with van der Waals surface area (Å²) < 4.78 is 10.5. The second-order valence-electron chi connectivity index (χ2n) is 5.50. The van der Waals surface area contributed by atoms with Crippen LogP contribution >= 0.6 is 0 Å². The van der Waals surface area contributed by atoms with Gasteiger partial charge in [0.2, 0.25) is 0 Å². The zero-order valence-corrected chi connectivity index (χ0v) is 14.2. The predicted molar refractivity (Wildman–Crippen MR) is 98.1 cm³/mol. The van der Waals surface area contributed by atoms with E-state index in [9.17, 15) is 14.9 Å². The van der Waals surface area contributed by atoms with E-state index in [0.717, 1.165) is 10.8 Å². The van der Waals surface area contributed by atoms with Gasteiger partial charge in [0, 0.05) is 12.1 Å². The van der Waals surface area contributed by atoms with Gasteiger partial charge in [-0.25, -0.2) is 0 Å². The van der Waals surface area contributed by atoms with Gasteiger partial charge in [-0.15, -0.1) is 0 Å². The highest BCUT2D eigenvalue weighted by molar-refractivity contribution is 6.09. The van der Waals surface area contributed by atoms with Gasteiger partial charge in [-0.3, -0.25) is 14.9 Å². The van der Waals surface area contributed by atoms with Crippen molar-refractivity contribution in [1.29, 1.82) is 0 Å². The van der Waals surface area contributed by atoms with Crippen molar-refractivity contribution in [3.8, 4) is 11.5 Å². The van der Waals surface area contributed by atoms with E-state index >= 15 is 0 Å². The maximum Gasteiger partial charge on any atom is 0.271 e. The van der Waals surface area contributed by atoms with Gasteiger partial charge >= 0.3 is 0 Å². The first-order valence-corrected chi connectivity index (χ1v) is 7.74. The number of hydrogen-bond acceptors (Lipinski definition) is 5. The third-order valence-electron chi connectivity index (χ3n) is 3.95. The minimum absolute atomic E-state index is 0.147. The van der Waals surface area contributed by atoms with Gasteiger partial charge in [-0.1, -0.05) is 24.3 Å². The first-order valence-electron chi connectivity index (χ1n) is 7.74. The molecule has 0 radical (unpaired) electrons. The Balaban J connectivity index is 2.01. The molecule has 0 fully saturated rings. The Morgan fingerprint density at radius 2 is 1.62 bits per heavy atom. The van der Waals surface area contributed by atoms with Crippen molar-refractivity contribution in [2.75, 3.05) is 19.5 Å². The molecule has 0 heterocycles. The maximum atomic E-state index is 12.8. The summed E-state index contributed by atoms with van der Waals surface area (Å²) in [6, 6.07) is 15.1. The molecule has 0 atom stereocenters. The van der Waals surface area contributed by atoms with Crippen LogP contribution in [0.1, 0.15) is 10.4 Å². The SMILES string of the molecule is COc1ccc([N+](=O)[O-])cc1NC(=O)c1cc2ccccc2cc1OC. The van der Waals surface area contributed by atoms with E-state index in [1.165, 1.54) is 32.4 Å². The summed E-state index contributed by atoms with van der Waals surface area (Å²) in [6.07, 6.45) is 0. The van der Waals surface area contributed by atoms with Gasteiger partial charge in [0.15, 0.2) is 0 Å². The largest absolute Gasteiger partial charge is 0.496 e. The standard InChI is InChI=1S/C19H16N2O5/c1-25-17-8-7-14(21(23)24)11-16(17)20-19(22)15-9-12-5-3-4-6-13(12)10-18(15)26-2/h3-11H,1-2H3,(H,20,22). The first-order chi connectivity index (χ1) is 12.5. The molecule has 7 nitrogen and oxygen atoms in total. The Kier molecular flexibility index (Phi) is 4.70. The van der Waals surface area contributed by atoms with Gasteiger partial charge in [-0.2, -0.15) is 0 Å². The lowest BCUT2D eigenvalue weighted by Crippen LogP contribution is -2.14. The Hall–Kier alpha value is -3.61. The molecule has 0 aliphatic carbocycles. The number of benzene rings is 3. The first kappa shape index (κ1) is 17.2. The Morgan fingerprint density at radius 3 is 2.23 bits per heavy atom. The van der Waals surface area contributed by atoms with Crippen LogP contribution in [0, 0.1) is 10.1 Å². The van der Waals surface area contributed by atoms with Crippen LogP contribution in [0.15, 0.2) is 54.6 Å². The number of rotatable bonds is 5. The summed E-state index contributed by atoms with van der Waals surface area (Å²) in [7, 11) is 2.91. The number of hydrogen-bond donors (Lipinski definition) is 1. The molecule has 3 rings (SSSR count). The van der Waals surface area contributed by atoms with E-state index in [4.69, 9.17) is 9.47 Å². The fourth-order valence-corrected chi connectivity index (χ4v) is 2.66. The number of nitrogens with zero attached hydrogens (tertiary/aromatic N) is 1. The minimum Gasteiger partial charge on any atom is -0.496 e. The van der Waals surface area contributed by atoms with Crippen molar-refractivity contribution in [2.45, 2.75) is 0 Å². The molecule has 0 saturated carbocycles. The van der Waals surface area contributed by atoms with Crippen molar-refractivity contribution in [1.82, 2.24) is 0 Å². The minimum atomic E-state index is -0.536. The Morgan fingerprint density at radius 1 is 0.962 bits per heavy atom. The topological polar surface area (TPSA) is 90.7 Å². The van der Waals surface area contributed by atoms with Crippen molar-refractivity contribution >= 4 is 28.1 Å². The van der Waals surface area contributed by atoms with Gasteiger partial charge in [0.25, 0.3) is 11.6 Å². The summed E-state index contributed by atoms with van der Waals surface area (Å²) in [6.45, 7) is 0. The molecule has 0 unspecified atom stereocenters. The molecule has 3 aromatic rings. The summed E-state index contributed by atoms with van der Waals surface area (Å²) in [5.74, 6) is 0.278. The molecule has 0 aliphatic rings. The number of carbonyl (C=O) groups excluding carboxylic acids is 1. The van der Waals surface area contributed by atoms with Crippen LogP contribution in [-0.4, -0.2) is 25.1 Å². The molecular weight excluding hydrogens is 336 g/mol. The van der Waals surface area contributed by atoms with Gasteiger partial charge in [-0.05, 0) is 29.0 Å². The number of methoxy groups -OCH3 is 2. The summed E-state index contributed by atoms with van der Waals surface area (Å²) in [5.41, 5.74) is 0.383. The number of carbonyl (C=O) groups is 1. The van der Waals surface area contributed by atoms with Crippen LogP contribution < -0.4 is 14.8 Å². The van der Waals surface area contributed by atoms with E-state index in [0.29, 0.717) is 17.1 Å². The molecule has 0 aliphatic heterocycles. The Labute approximate surface area is 149 Å². The molecule has 0 aromatic heterocycles. The second-order valence-corrected chi connectivity index (χ2v) is 5.50. The molecular formula is C19H16N2O5. The molecule has 132 valence electrons. The van der Waals surface area contributed by atoms with Gasteiger partial charge in [0.1, 0.15) is 11.5 Å². The van der Waals surface area contributed by atoms with Crippen LogP contribution in [0.4, 0.5) is 11.4 Å². The molecule has 7 heteroatoms. The van der Waals surface area contributed by atoms with Crippen LogP contribution in [0.25, 0.3) is 10.8 Å². The van der Waals surface area contributed by atoms with Gasteiger partial charge in [0.05, 0.1) is 30.4 Å². The highest BCUT2D eigenvalue weighted by Crippen LogP contribution is 2.31. The van der Waals surface area contributed by atoms with E-state index < -0.39 is 10.8 Å². The fourth-order valence-electron chi connectivity index (χ4n) is 2.66. The van der Waals surface area contributed by atoms with Crippen LogP contribution in [0.5, 0.6) is 11.5 Å². The van der Waals surface area contributed by atoms with E-state index in [2.05, 4.69) is 5.32 Å². The number of nitro groups is 1. The number of nitrogens with one attached hydrogen (secondary N) is 1. The monoisotopic (exact) mass is 352 g/mol. The number of ether oxygens (including phenoxy) is 2. The van der Waals surface area contributed by atoms with Crippen LogP contribution in [0.3, 0.4) is 0 Å². The highest BCUT2D eigenvalue weighted by Gasteiger charge is 2.18. The zero-order valence-electron chi connectivity index (χ0n) is 14.2. The molecule has 1 amide bonds. The highest BCUT2D eigenvalue weighted by atomic mass is 16.6. The third kappa shape index (κ3) is 3.27. The lowest BCUT2D eigenvalue weighted by molar-refractivity contribution is -0.384. The molecule has 1 N–H and O–H groups in total. The quantitative estimate of drug-likeness (QED) is 0.553. The maximum absolute atomic E-state index is 12.8. The number of fused-ring (bicyclic) bond motifs is 1. The number of amides is 1. The average molecular weight is 352 g/mol. The zero-order chi connectivity index (χ0) is 18.7. The molecule has 0 saturated heterocycles. The smallest absolute Gasteiger partial charge is 0.271 e. The third-order valence-corrected chi connectivity index (χ3v) is 3.95. The molecule has 0 bridgehead atoms. The number of nitro benzene ring substituents is 1. The second kappa shape index (κ2) is 7.10. The van der Waals surface area contributed by atoms with E-state index in [1.54, 1.807) is 12.1 Å². The Bertz CT molecular complexity index is 1000. The summed E-state index contributed by atoms with van der Waals surface area (Å²) in [5, 5.41) is 15.5. The molecule has 0 spiro atoms. The fraction of sp³-hybridized carbons (Fsp3) is 0.105. The summed E-state index contributed by atoms with van der Waals surface area (Å²) >= 11 is 0. The van der Waals surface area contributed by atoms with Crippen molar-refractivity contribution in [2.24, 2.45) is 0 Å². The van der Waals surface area contributed by atoms with Crippen molar-refractivity contribution in [3.05, 3.63) is 70.3 Å². The average Bonchev–Trinajstić information content (AvgIpc) is 2.66.